The van der Waals surface area contributed by atoms with Crippen LogP contribution in [0.1, 0.15) is 13.8 Å². The predicted octanol–water partition coefficient (Wildman–Crippen LogP) is 3.34. The summed E-state index contributed by atoms with van der Waals surface area (Å²) >= 11 is 1.65. The van der Waals surface area contributed by atoms with Gasteiger partial charge in [0.25, 0.3) is 0 Å². The zero-order chi connectivity index (χ0) is 13.9. The number of para-hydroxylation sites is 1. The molecule has 1 heterocycles. The van der Waals surface area contributed by atoms with Gasteiger partial charge in [0.2, 0.25) is 5.91 Å². The summed E-state index contributed by atoms with van der Waals surface area (Å²) in [4.78, 5) is 13.3. The Morgan fingerprint density at radius 1 is 1.26 bits per heavy atom. The van der Waals surface area contributed by atoms with Gasteiger partial charge in [-0.1, -0.05) is 24.3 Å². The molecule has 19 heavy (non-hydrogen) atoms. The van der Waals surface area contributed by atoms with E-state index in [2.05, 4.69) is 5.32 Å². The van der Waals surface area contributed by atoms with Crippen LogP contribution in [0.4, 0.5) is 5.69 Å². The van der Waals surface area contributed by atoms with Gasteiger partial charge in [0.1, 0.15) is 0 Å². The number of nitrogens with two attached hydrogens (primary N) is 1. The molecule has 3 N–H and O–H groups in total. The lowest BCUT2D eigenvalue weighted by Gasteiger charge is -2.22. The van der Waals surface area contributed by atoms with Gasteiger partial charge < -0.3 is 11.1 Å². The van der Waals surface area contributed by atoms with Gasteiger partial charge in [-0.2, -0.15) is 0 Å². The molecule has 0 spiro atoms. The minimum absolute atomic E-state index is 0.0565. The van der Waals surface area contributed by atoms with Crippen LogP contribution in [0.2, 0.25) is 0 Å². The highest BCUT2D eigenvalue weighted by atomic mass is 32.1. The Balaban J connectivity index is 2.29. The molecule has 0 aliphatic rings. The van der Waals surface area contributed by atoms with Gasteiger partial charge in [-0.05, 0) is 31.4 Å². The Morgan fingerprint density at radius 3 is 2.63 bits per heavy atom. The number of amides is 1. The third kappa shape index (κ3) is 3.03. The van der Waals surface area contributed by atoms with E-state index in [1.54, 1.807) is 11.3 Å². The topological polar surface area (TPSA) is 55.1 Å². The van der Waals surface area contributed by atoms with E-state index in [4.69, 9.17) is 5.73 Å². The first-order valence-corrected chi connectivity index (χ1v) is 7.07. The van der Waals surface area contributed by atoms with Crippen LogP contribution in [0.3, 0.4) is 0 Å². The number of carbonyl (C=O) groups is 1. The molecule has 0 fully saturated rings. The van der Waals surface area contributed by atoms with Gasteiger partial charge >= 0.3 is 0 Å². The van der Waals surface area contributed by atoms with Crippen molar-refractivity contribution in [2.45, 2.75) is 13.8 Å². The molecular weight excluding hydrogens is 256 g/mol. The van der Waals surface area contributed by atoms with Gasteiger partial charge in [0.05, 0.1) is 5.41 Å². The van der Waals surface area contributed by atoms with Crippen molar-refractivity contribution in [1.82, 2.24) is 0 Å². The lowest BCUT2D eigenvalue weighted by Crippen LogP contribution is -2.37. The zero-order valence-corrected chi connectivity index (χ0v) is 12.0. The second-order valence-corrected chi connectivity index (χ2v) is 6.01. The van der Waals surface area contributed by atoms with Crippen LogP contribution in [-0.4, -0.2) is 12.5 Å². The number of rotatable bonds is 4. The lowest BCUT2D eigenvalue weighted by molar-refractivity contribution is -0.123. The summed E-state index contributed by atoms with van der Waals surface area (Å²) in [6.45, 7) is 4.01. The summed E-state index contributed by atoms with van der Waals surface area (Å²) in [5, 5.41) is 5.00. The van der Waals surface area contributed by atoms with E-state index in [1.807, 2.05) is 55.6 Å². The lowest BCUT2D eigenvalue weighted by atomic mass is 9.92. The maximum Gasteiger partial charge on any atom is 0.231 e. The Bertz CT molecular complexity index is 561. The molecule has 0 atom stereocenters. The van der Waals surface area contributed by atoms with Crippen molar-refractivity contribution in [1.29, 1.82) is 0 Å². The Labute approximate surface area is 117 Å². The maximum atomic E-state index is 12.2. The van der Waals surface area contributed by atoms with E-state index < -0.39 is 5.41 Å². The minimum atomic E-state index is -0.567. The first-order valence-electron chi connectivity index (χ1n) is 6.19. The number of thiophene rings is 1. The molecule has 0 aliphatic carbocycles. The predicted molar refractivity (Wildman–Crippen MR) is 81.2 cm³/mol. The van der Waals surface area contributed by atoms with Crippen LogP contribution >= 0.6 is 11.3 Å². The normalized spacial score (nSPS) is 11.3. The smallest absolute Gasteiger partial charge is 0.231 e. The fraction of sp³-hybridized carbons (Fsp3) is 0.267. The quantitative estimate of drug-likeness (QED) is 0.898. The van der Waals surface area contributed by atoms with Crippen LogP contribution in [-0.2, 0) is 4.79 Å². The molecule has 0 bridgehead atoms. The fourth-order valence-electron chi connectivity index (χ4n) is 1.62. The zero-order valence-electron chi connectivity index (χ0n) is 11.1. The van der Waals surface area contributed by atoms with E-state index >= 15 is 0 Å². The number of nitrogens with one attached hydrogen (secondary N) is 1. The molecule has 0 radical (unpaired) electrons. The molecular formula is C15H18N2OS. The molecule has 1 aromatic carbocycles. The highest BCUT2D eigenvalue weighted by Crippen LogP contribution is 2.32. The van der Waals surface area contributed by atoms with Gasteiger partial charge in [0, 0.05) is 22.7 Å². The van der Waals surface area contributed by atoms with E-state index in [1.165, 1.54) is 0 Å². The summed E-state index contributed by atoms with van der Waals surface area (Å²) in [5.74, 6) is -0.0565. The number of anilines is 1. The Hall–Kier alpha value is -1.65. The average Bonchev–Trinajstić information content (AvgIpc) is 2.93. The fourth-order valence-corrected chi connectivity index (χ4v) is 2.39. The molecule has 0 saturated carbocycles. The van der Waals surface area contributed by atoms with Crippen molar-refractivity contribution in [2.24, 2.45) is 11.1 Å². The molecule has 2 rings (SSSR count). The van der Waals surface area contributed by atoms with Crippen molar-refractivity contribution in [2.75, 3.05) is 11.9 Å². The van der Waals surface area contributed by atoms with Crippen LogP contribution in [0, 0.1) is 5.41 Å². The molecule has 1 aromatic heterocycles. The number of benzene rings is 1. The monoisotopic (exact) mass is 274 g/mol. The largest absolute Gasteiger partial charge is 0.329 e. The van der Waals surface area contributed by atoms with Crippen molar-refractivity contribution in [3.05, 3.63) is 41.8 Å². The molecule has 0 unspecified atom stereocenters. The highest BCUT2D eigenvalue weighted by Gasteiger charge is 2.26. The van der Waals surface area contributed by atoms with Gasteiger partial charge in [-0.25, -0.2) is 0 Å². The van der Waals surface area contributed by atoms with Gasteiger partial charge in [-0.15, -0.1) is 11.3 Å². The van der Waals surface area contributed by atoms with Crippen LogP contribution < -0.4 is 11.1 Å². The van der Waals surface area contributed by atoms with Crippen LogP contribution in [0.25, 0.3) is 10.4 Å². The van der Waals surface area contributed by atoms with E-state index in [0.717, 1.165) is 16.1 Å². The third-order valence-corrected chi connectivity index (χ3v) is 3.99. The summed E-state index contributed by atoms with van der Waals surface area (Å²) < 4.78 is 0. The first-order chi connectivity index (χ1) is 9.04. The van der Waals surface area contributed by atoms with Crippen molar-refractivity contribution in [3.8, 4) is 10.4 Å². The molecule has 4 heteroatoms. The molecule has 1 amide bonds. The van der Waals surface area contributed by atoms with E-state index in [0.29, 0.717) is 6.54 Å². The SMILES string of the molecule is CC(C)(CN)C(=O)Nc1ccccc1-c1cccs1. The summed E-state index contributed by atoms with van der Waals surface area (Å²) in [6, 6.07) is 11.9. The first kappa shape index (κ1) is 13.8. The molecule has 2 aromatic rings. The standard InChI is InChI=1S/C15H18N2OS/c1-15(2,10-16)14(18)17-12-7-4-3-6-11(12)13-8-5-9-19-13/h3-9H,10,16H2,1-2H3,(H,17,18). The van der Waals surface area contributed by atoms with Crippen LogP contribution in [0.15, 0.2) is 41.8 Å². The summed E-state index contributed by atoms with van der Waals surface area (Å²) in [5.41, 5.74) is 6.94. The maximum absolute atomic E-state index is 12.2. The molecule has 0 saturated heterocycles. The third-order valence-electron chi connectivity index (χ3n) is 3.09. The minimum Gasteiger partial charge on any atom is -0.329 e. The number of carbonyl (C=O) groups excluding carboxylic acids is 1. The Morgan fingerprint density at radius 2 is 2.00 bits per heavy atom. The van der Waals surface area contributed by atoms with Crippen molar-refractivity contribution in [3.63, 3.8) is 0 Å². The Kier molecular flexibility index (Phi) is 4.02. The highest BCUT2D eigenvalue weighted by molar-refractivity contribution is 7.13. The van der Waals surface area contributed by atoms with Crippen molar-refractivity contribution >= 4 is 22.9 Å². The number of hydrogen-bond acceptors (Lipinski definition) is 3. The summed E-state index contributed by atoms with van der Waals surface area (Å²) in [6.07, 6.45) is 0. The second-order valence-electron chi connectivity index (χ2n) is 5.07. The van der Waals surface area contributed by atoms with E-state index in [-0.39, 0.29) is 5.91 Å². The van der Waals surface area contributed by atoms with Crippen molar-refractivity contribution < 1.29 is 4.79 Å². The van der Waals surface area contributed by atoms with Crippen LogP contribution in [0.5, 0.6) is 0 Å². The second kappa shape index (κ2) is 5.55. The molecule has 3 nitrogen and oxygen atoms in total. The average molecular weight is 274 g/mol. The van der Waals surface area contributed by atoms with Gasteiger partial charge in [-0.3, -0.25) is 4.79 Å². The molecule has 100 valence electrons. The summed E-state index contributed by atoms with van der Waals surface area (Å²) in [7, 11) is 0. The molecule has 0 aliphatic heterocycles. The number of hydrogen-bond donors (Lipinski definition) is 2. The van der Waals surface area contributed by atoms with Gasteiger partial charge in [0.15, 0.2) is 0 Å². The van der Waals surface area contributed by atoms with E-state index in [9.17, 15) is 4.79 Å².